The second-order valence-electron chi connectivity index (χ2n) is 4.59. The maximum atomic E-state index is 12.3. The number of amides is 1. The van der Waals surface area contributed by atoms with E-state index in [1.165, 1.54) is 0 Å². The third-order valence-corrected chi connectivity index (χ3v) is 3.85. The van der Waals surface area contributed by atoms with Gasteiger partial charge in [0.25, 0.3) is 5.91 Å². The molecule has 1 N–H and O–H groups in total. The summed E-state index contributed by atoms with van der Waals surface area (Å²) in [5.74, 6) is 1.81. The highest BCUT2D eigenvalue weighted by molar-refractivity contribution is 7.99. The van der Waals surface area contributed by atoms with Gasteiger partial charge in [-0.05, 0) is 36.9 Å². The van der Waals surface area contributed by atoms with Crippen molar-refractivity contribution in [2.24, 2.45) is 0 Å². The van der Waals surface area contributed by atoms with Gasteiger partial charge in [0.15, 0.2) is 0 Å². The highest BCUT2D eigenvalue weighted by Crippen LogP contribution is 2.22. The van der Waals surface area contributed by atoms with Crippen molar-refractivity contribution in [3.8, 4) is 0 Å². The minimum atomic E-state index is -0.0272. The maximum absolute atomic E-state index is 12.3. The van der Waals surface area contributed by atoms with Gasteiger partial charge in [0, 0.05) is 17.4 Å². The molecule has 0 saturated heterocycles. The van der Waals surface area contributed by atoms with Crippen molar-refractivity contribution in [1.82, 2.24) is 5.32 Å². The van der Waals surface area contributed by atoms with Gasteiger partial charge < -0.3 is 9.73 Å². The number of carbonyl (C=O) groups is 1. The van der Waals surface area contributed by atoms with Crippen LogP contribution in [0.3, 0.4) is 0 Å². The van der Waals surface area contributed by atoms with Crippen molar-refractivity contribution in [1.29, 1.82) is 0 Å². The maximum Gasteiger partial charge on any atom is 0.252 e. The number of nitrogens with one attached hydrogen (secondary N) is 1. The number of rotatable bonds is 6. The molecule has 1 heterocycles. The van der Waals surface area contributed by atoms with Crippen molar-refractivity contribution >= 4 is 17.7 Å². The second-order valence-corrected chi connectivity index (χ2v) is 5.89. The Labute approximate surface area is 123 Å². The summed E-state index contributed by atoms with van der Waals surface area (Å²) < 4.78 is 5.30. The molecule has 0 unspecified atom stereocenters. The highest BCUT2D eigenvalue weighted by Gasteiger charge is 2.14. The van der Waals surface area contributed by atoms with Crippen LogP contribution in [0.15, 0.2) is 52.0 Å². The van der Waals surface area contributed by atoms with Crippen LogP contribution in [-0.4, -0.2) is 17.7 Å². The molecule has 0 fully saturated rings. The zero-order valence-corrected chi connectivity index (χ0v) is 12.6. The molecule has 1 amide bonds. The Balaban J connectivity index is 2.00. The van der Waals surface area contributed by atoms with E-state index in [0.29, 0.717) is 6.42 Å². The largest absolute Gasteiger partial charge is 0.469 e. The molecule has 0 aliphatic carbocycles. The summed E-state index contributed by atoms with van der Waals surface area (Å²) in [6.07, 6.45) is 2.35. The number of hydrogen-bond donors (Lipinski definition) is 1. The first-order valence-corrected chi connectivity index (χ1v) is 7.74. The van der Waals surface area contributed by atoms with Crippen LogP contribution in [0.2, 0.25) is 0 Å². The third-order valence-electron chi connectivity index (χ3n) is 2.90. The summed E-state index contributed by atoms with van der Waals surface area (Å²) in [5, 5.41) is 3.02. The van der Waals surface area contributed by atoms with Crippen molar-refractivity contribution in [2.75, 3.05) is 5.75 Å². The molecule has 0 saturated carbocycles. The van der Waals surface area contributed by atoms with E-state index in [1.54, 1.807) is 18.0 Å². The minimum absolute atomic E-state index is 0.0272. The van der Waals surface area contributed by atoms with Gasteiger partial charge in [-0.25, -0.2) is 0 Å². The number of benzene rings is 1. The van der Waals surface area contributed by atoms with E-state index in [1.807, 2.05) is 43.3 Å². The van der Waals surface area contributed by atoms with Crippen LogP contribution in [-0.2, 0) is 6.42 Å². The fraction of sp³-hybridized carbons (Fsp3) is 0.312. The topological polar surface area (TPSA) is 42.2 Å². The van der Waals surface area contributed by atoms with Gasteiger partial charge in [-0.3, -0.25) is 4.79 Å². The molecule has 1 atom stereocenters. The summed E-state index contributed by atoms with van der Waals surface area (Å²) in [7, 11) is 0. The lowest BCUT2D eigenvalue weighted by atomic mass is 10.1. The Hall–Kier alpha value is -1.68. The lowest BCUT2D eigenvalue weighted by molar-refractivity contribution is 0.0936. The van der Waals surface area contributed by atoms with E-state index in [4.69, 9.17) is 4.42 Å². The Bertz CT molecular complexity index is 551. The SMILES string of the molecule is CCSc1ccccc1C(=O)N[C@@H](C)Cc1ccco1. The van der Waals surface area contributed by atoms with Gasteiger partial charge >= 0.3 is 0 Å². The molecular formula is C16H19NO2S. The first-order valence-electron chi connectivity index (χ1n) is 6.75. The van der Waals surface area contributed by atoms with Crippen LogP contribution in [0.4, 0.5) is 0 Å². The summed E-state index contributed by atoms with van der Waals surface area (Å²) in [5.41, 5.74) is 0.741. The van der Waals surface area contributed by atoms with E-state index in [-0.39, 0.29) is 11.9 Å². The number of carbonyl (C=O) groups excluding carboxylic acids is 1. The molecule has 0 aliphatic rings. The Morgan fingerprint density at radius 2 is 2.10 bits per heavy atom. The number of hydrogen-bond acceptors (Lipinski definition) is 3. The Kier molecular flexibility index (Phi) is 5.30. The second kappa shape index (κ2) is 7.20. The number of furan rings is 1. The molecule has 4 heteroatoms. The molecule has 0 spiro atoms. The smallest absolute Gasteiger partial charge is 0.252 e. The molecule has 0 aliphatic heterocycles. The van der Waals surface area contributed by atoms with Crippen molar-refractivity contribution < 1.29 is 9.21 Å². The van der Waals surface area contributed by atoms with Gasteiger partial charge in [-0.1, -0.05) is 19.1 Å². The zero-order valence-electron chi connectivity index (χ0n) is 11.8. The fourth-order valence-corrected chi connectivity index (χ4v) is 2.82. The molecule has 106 valence electrons. The van der Waals surface area contributed by atoms with Gasteiger partial charge in [-0.15, -0.1) is 11.8 Å². The quantitative estimate of drug-likeness (QED) is 0.823. The average molecular weight is 289 g/mol. The molecule has 2 rings (SSSR count). The standard InChI is InChI=1S/C16H19NO2S/c1-3-20-15-9-5-4-8-14(15)16(18)17-12(2)11-13-7-6-10-19-13/h4-10,12H,3,11H2,1-2H3,(H,17,18)/t12-/m0/s1. The van der Waals surface area contributed by atoms with E-state index >= 15 is 0 Å². The van der Waals surface area contributed by atoms with Crippen molar-refractivity contribution in [3.63, 3.8) is 0 Å². The van der Waals surface area contributed by atoms with Crippen LogP contribution in [0.25, 0.3) is 0 Å². The Morgan fingerprint density at radius 1 is 1.30 bits per heavy atom. The molecule has 0 radical (unpaired) electrons. The Morgan fingerprint density at radius 3 is 2.80 bits per heavy atom. The van der Waals surface area contributed by atoms with Gasteiger partial charge in [0.2, 0.25) is 0 Å². The summed E-state index contributed by atoms with van der Waals surface area (Å²) in [6, 6.07) is 11.5. The van der Waals surface area contributed by atoms with Crippen LogP contribution >= 0.6 is 11.8 Å². The van der Waals surface area contributed by atoms with Gasteiger partial charge in [-0.2, -0.15) is 0 Å². The average Bonchev–Trinajstić information content (AvgIpc) is 2.92. The van der Waals surface area contributed by atoms with Crippen molar-refractivity contribution in [3.05, 3.63) is 54.0 Å². The monoisotopic (exact) mass is 289 g/mol. The highest BCUT2D eigenvalue weighted by atomic mass is 32.2. The molecular weight excluding hydrogens is 270 g/mol. The van der Waals surface area contributed by atoms with Gasteiger partial charge in [0.1, 0.15) is 5.76 Å². The predicted octanol–water partition coefficient (Wildman–Crippen LogP) is 3.75. The van der Waals surface area contributed by atoms with E-state index < -0.39 is 0 Å². The predicted molar refractivity (Wildman–Crippen MR) is 82.2 cm³/mol. The van der Waals surface area contributed by atoms with Crippen LogP contribution < -0.4 is 5.32 Å². The normalized spacial score (nSPS) is 12.1. The summed E-state index contributed by atoms with van der Waals surface area (Å²) in [6.45, 7) is 4.06. The molecule has 20 heavy (non-hydrogen) atoms. The van der Waals surface area contributed by atoms with Crippen LogP contribution in [0, 0.1) is 0 Å². The summed E-state index contributed by atoms with van der Waals surface area (Å²) in [4.78, 5) is 13.3. The minimum Gasteiger partial charge on any atom is -0.469 e. The van der Waals surface area contributed by atoms with E-state index in [2.05, 4.69) is 12.2 Å². The van der Waals surface area contributed by atoms with Crippen LogP contribution in [0.5, 0.6) is 0 Å². The third kappa shape index (κ3) is 3.90. The van der Waals surface area contributed by atoms with E-state index in [0.717, 1.165) is 22.0 Å². The van der Waals surface area contributed by atoms with Gasteiger partial charge in [0.05, 0.1) is 11.8 Å². The number of thioether (sulfide) groups is 1. The molecule has 2 aromatic rings. The van der Waals surface area contributed by atoms with Crippen LogP contribution in [0.1, 0.15) is 30.0 Å². The first-order chi connectivity index (χ1) is 9.70. The molecule has 3 nitrogen and oxygen atoms in total. The van der Waals surface area contributed by atoms with Crippen molar-refractivity contribution in [2.45, 2.75) is 31.2 Å². The molecule has 1 aromatic heterocycles. The lowest BCUT2D eigenvalue weighted by Gasteiger charge is -2.14. The van der Waals surface area contributed by atoms with E-state index in [9.17, 15) is 4.79 Å². The zero-order chi connectivity index (χ0) is 14.4. The fourth-order valence-electron chi connectivity index (χ4n) is 2.02. The summed E-state index contributed by atoms with van der Waals surface area (Å²) >= 11 is 1.68. The first kappa shape index (κ1) is 14.7. The lowest BCUT2D eigenvalue weighted by Crippen LogP contribution is -2.34. The molecule has 0 bridgehead atoms. The molecule has 1 aromatic carbocycles.